The van der Waals surface area contributed by atoms with Gasteiger partial charge in [-0.05, 0) is 51.2 Å². The van der Waals surface area contributed by atoms with Gasteiger partial charge in [-0.3, -0.25) is 9.59 Å². The van der Waals surface area contributed by atoms with Crippen LogP contribution in [0, 0.1) is 11.3 Å². The highest BCUT2D eigenvalue weighted by Gasteiger charge is 2.38. The topological polar surface area (TPSA) is 144 Å². The number of ether oxygens (including phenoxy) is 4. The number of anilines is 1. The van der Waals surface area contributed by atoms with Crippen molar-refractivity contribution in [2.24, 2.45) is 11.3 Å². The summed E-state index contributed by atoms with van der Waals surface area (Å²) < 4.78 is 22.2. The van der Waals surface area contributed by atoms with Gasteiger partial charge in [-0.15, -0.1) is 0 Å². The first-order chi connectivity index (χ1) is 18.1. The Balaban J connectivity index is 2.24. The fraction of sp³-hybridized carbons (Fsp3) is 0.679. The molecule has 1 aliphatic heterocycles. The van der Waals surface area contributed by atoms with E-state index in [1.54, 1.807) is 37.8 Å². The molecule has 0 saturated heterocycles. The summed E-state index contributed by atoms with van der Waals surface area (Å²) in [6.07, 6.45) is -2.94. The fourth-order valence-electron chi connectivity index (χ4n) is 4.58. The second-order valence-electron chi connectivity index (χ2n) is 11.8. The van der Waals surface area contributed by atoms with E-state index in [-0.39, 0.29) is 31.7 Å². The Kier molecular flexibility index (Phi) is 11.1. The van der Waals surface area contributed by atoms with Crippen LogP contribution >= 0.6 is 0 Å². The minimum Gasteiger partial charge on any atom is -0.481 e. The second-order valence-corrected chi connectivity index (χ2v) is 11.8. The van der Waals surface area contributed by atoms with Gasteiger partial charge in [0.2, 0.25) is 5.91 Å². The molecule has 0 unspecified atom stereocenters. The summed E-state index contributed by atoms with van der Waals surface area (Å²) in [7, 11) is 3.00. The monoisotopic (exact) mass is 552 g/mol. The molecule has 3 N–H and O–H groups in total. The Morgan fingerprint density at radius 2 is 1.74 bits per heavy atom. The molecule has 0 spiro atoms. The number of aliphatic carboxylic acids is 1. The van der Waals surface area contributed by atoms with Crippen LogP contribution < -0.4 is 15.0 Å². The molecule has 0 fully saturated rings. The van der Waals surface area contributed by atoms with Crippen LogP contribution in [0.2, 0.25) is 0 Å². The van der Waals surface area contributed by atoms with Gasteiger partial charge in [0.1, 0.15) is 11.4 Å². The summed E-state index contributed by atoms with van der Waals surface area (Å²) in [4.78, 5) is 39.3. The summed E-state index contributed by atoms with van der Waals surface area (Å²) >= 11 is 0. The molecule has 39 heavy (non-hydrogen) atoms. The van der Waals surface area contributed by atoms with E-state index in [0.717, 1.165) is 0 Å². The molecule has 0 aliphatic carbocycles. The van der Waals surface area contributed by atoms with Gasteiger partial charge < -0.3 is 39.4 Å². The van der Waals surface area contributed by atoms with E-state index in [4.69, 9.17) is 18.9 Å². The lowest BCUT2D eigenvalue weighted by Crippen LogP contribution is -2.51. The predicted octanol–water partition coefficient (Wildman–Crippen LogP) is 3.57. The van der Waals surface area contributed by atoms with Crippen molar-refractivity contribution in [1.29, 1.82) is 0 Å². The van der Waals surface area contributed by atoms with Crippen LogP contribution in [0.3, 0.4) is 0 Å². The lowest BCUT2D eigenvalue weighted by Gasteiger charge is -2.39. The van der Waals surface area contributed by atoms with Crippen LogP contribution in [0.5, 0.6) is 5.75 Å². The van der Waals surface area contributed by atoms with Crippen LogP contribution in [0.4, 0.5) is 10.5 Å². The minimum atomic E-state index is -1.17. The number of carbonyl (C=O) groups is 3. The van der Waals surface area contributed by atoms with E-state index >= 15 is 0 Å². The number of rotatable bonds is 12. The molecule has 11 nitrogen and oxygen atoms in total. The number of nitrogens with zero attached hydrogens (tertiary/aromatic N) is 1. The number of aliphatic hydroxyl groups is 1. The summed E-state index contributed by atoms with van der Waals surface area (Å²) in [6.45, 7) is 10.6. The number of carboxylic acid groups (broad SMARTS) is 1. The van der Waals surface area contributed by atoms with Crippen molar-refractivity contribution >= 4 is 23.7 Å². The molecule has 11 heteroatoms. The Morgan fingerprint density at radius 1 is 1.13 bits per heavy atom. The third-order valence-electron chi connectivity index (χ3n) is 6.45. The van der Waals surface area contributed by atoms with Crippen LogP contribution in [0.15, 0.2) is 24.3 Å². The molecule has 0 aromatic heterocycles. The van der Waals surface area contributed by atoms with E-state index in [1.807, 2.05) is 26.0 Å². The number of hydrogen-bond donors (Lipinski definition) is 3. The van der Waals surface area contributed by atoms with Crippen molar-refractivity contribution in [3.05, 3.63) is 24.3 Å². The molecule has 0 radical (unpaired) electrons. The van der Waals surface area contributed by atoms with Gasteiger partial charge in [-0.25, -0.2) is 4.79 Å². The molecule has 1 aliphatic rings. The smallest absolute Gasteiger partial charge is 0.407 e. The number of hydrogen-bond acceptors (Lipinski definition) is 8. The van der Waals surface area contributed by atoms with Crippen molar-refractivity contribution in [2.45, 2.75) is 90.9 Å². The van der Waals surface area contributed by atoms with Crippen LogP contribution in [-0.4, -0.2) is 79.1 Å². The summed E-state index contributed by atoms with van der Waals surface area (Å²) in [5.41, 5.74) is -0.837. The number of fused-ring (bicyclic) bond motifs is 1. The molecular formula is C28H44N2O9. The quantitative estimate of drug-likeness (QED) is 0.332. The van der Waals surface area contributed by atoms with E-state index < -0.39 is 53.5 Å². The van der Waals surface area contributed by atoms with Crippen molar-refractivity contribution in [2.75, 3.05) is 25.7 Å². The highest BCUT2D eigenvalue weighted by Crippen LogP contribution is 2.37. The molecule has 1 aromatic rings. The summed E-state index contributed by atoms with van der Waals surface area (Å²) in [5.74, 6) is -1.54. The van der Waals surface area contributed by atoms with Gasteiger partial charge in [0.25, 0.3) is 0 Å². The first-order valence-electron chi connectivity index (χ1n) is 13.1. The molecule has 220 valence electrons. The van der Waals surface area contributed by atoms with Gasteiger partial charge >= 0.3 is 12.1 Å². The number of methoxy groups -OCH3 is 2. The summed E-state index contributed by atoms with van der Waals surface area (Å²) in [6, 6.07) is 6.36. The van der Waals surface area contributed by atoms with E-state index in [0.29, 0.717) is 11.4 Å². The van der Waals surface area contributed by atoms with Crippen LogP contribution in [0.25, 0.3) is 0 Å². The highest BCUT2D eigenvalue weighted by molar-refractivity contribution is 5.95. The van der Waals surface area contributed by atoms with Gasteiger partial charge in [0, 0.05) is 20.6 Å². The van der Waals surface area contributed by atoms with E-state index in [1.165, 1.54) is 21.1 Å². The lowest BCUT2D eigenvalue weighted by molar-refractivity contribution is -0.156. The zero-order valence-corrected chi connectivity index (χ0v) is 24.2. The average molecular weight is 553 g/mol. The summed E-state index contributed by atoms with van der Waals surface area (Å²) in [5, 5.41) is 22.9. The van der Waals surface area contributed by atoms with Crippen LogP contribution in [0.1, 0.15) is 60.8 Å². The number of para-hydroxylation sites is 2. The van der Waals surface area contributed by atoms with Gasteiger partial charge in [0.05, 0.1) is 30.3 Å². The molecule has 1 heterocycles. The van der Waals surface area contributed by atoms with Crippen molar-refractivity contribution in [3.63, 3.8) is 0 Å². The predicted molar refractivity (Wildman–Crippen MR) is 145 cm³/mol. The number of aliphatic hydroxyl groups excluding tert-OH is 1. The minimum absolute atomic E-state index is 0.0756. The van der Waals surface area contributed by atoms with Gasteiger partial charge in [-0.1, -0.05) is 32.9 Å². The molecule has 0 bridgehead atoms. The van der Waals surface area contributed by atoms with Gasteiger partial charge in [-0.2, -0.15) is 0 Å². The molecule has 0 saturated carbocycles. The maximum atomic E-state index is 13.7. The largest absolute Gasteiger partial charge is 0.481 e. The maximum absolute atomic E-state index is 13.7. The third-order valence-corrected chi connectivity index (χ3v) is 6.45. The Hall–Kier alpha value is -2.89. The second kappa shape index (κ2) is 13.5. The standard InChI is InChI=1S/C28H44N2O9/c1-17(24(33)34)13-20(31)18(29-26(35)39-27(2,3)4)14-28(5,6)15-23(32)30-16-22(25(36-7)37-8)38-21-12-10-9-11-19(21)30/h9-12,17-18,20,22,25,31H,13-16H2,1-8H3,(H,29,35)(H,33,34)/t17-,18+,20+,22-/m1/s1. The Labute approximate surface area is 230 Å². The SMILES string of the molecule is COC(OC)[C@H]1CN(C(=O)CC(C)(C)C[C@H](NC(=O)OC(C)(C)C)[C@@H](O)C[C@@H](C)C(=O)O)c2ccccc2O1. The van der Waals surface area contributed by atoms with Crippen molar-refractivity contribution in [3.8, 4) is 5.75 Å². The third kappa shape index (κ3) is 9.66. The molecule has 1 aromatic carbocycles. The number of amides is 2. The Bertz CT molecular complexity index is 987. The highest BCUT2D eigenvalue weighted by atomic mass is 16.7. The molecule has 2 amide bonds. The lowest BCUT2D eigenvalue weighted by atomic mass is 9.79. The zero-order valence-electron chi connectivity index (χ0n) is 24.2. The zero-order chi connectivity index (χ0) is 29.5. The van der Waals surface area contributed by atoms with Crippen molar-refractivity contribution in [1.82, 2.24) is 5.32 Å². The number of benzene rings is 1. The molecule has 4 atom stereocenters. The maximum Gasteiger partial charge on any atom is 0.407 e. The van der Waals surface area contributed by atoms with E-state index in [2.05, 4.69) is 5.32 Å². The number of carboxylic acids is 1. The van der Waals surface area contributed by atoms with Crippen molar-refractivity contribution < 1.29 is 43.5 Å². The first-order valence-corrected chi connectivity index (χ1v) is 13.1. The Morgan fingerprint density at radius 3 is 2.31 bits per heavy atom. The normalized spacial score (nSPS) is 18.0. The average Bonchev–Trinajstić information content (AvgIpc) is 2.82. The van der Waals surface area contributed by atoms with Crippen LogP contribution in [-0.2, 0) is 23.8 Å². The fourth-order valence-corrected chi connectivity index (χ4v) is 4.58. The molecular weight excluding hydrogens is 508 g/mol. The first kappa shape index (κ1) is 32.3. The van der Waals surface area contributed by atoms with E-state index in [9.17, 15) is 24.6 Å². The number of carbonyl (C=O) groups excluding carboxylic acids is 2. The number of nitrogens with one attached hydrogen (secondary N) is 1. The number of alkyl carbamates (subject to hydrolysis) is 1. The molecule has 2 rings (SSSR count). The van der Waals surface area contributed by atoms with Gasteiger partial charge in [0.15, 0.2) is 12.4 Å².